The van der Waals surface area contributed by atoms with Crippen LogP contribution in [0.5, 0.6) is 0 Å². The van der Waals surface area contributed by atoms with Crippen LogP contribution in [0.3, 0.4) is 0 Å². The summed E-state index contributed by atoms with van der Waals surface area (Å²) in [5.74, 6) is 0.0192. The Morgan fingerprint density at radius 1 is 1.39 bits per heavy atom. The predicted molar refractivity (Wildman–Crippen MR) is 89.3 cm³/mol. The summed E-state index contributed by atoms with van der Waals surface area (Å²) >= 11 is 0. The van der Waals surface area contributed by atoms with E-state index in [1.807, 2.05) is 24.3 Å². The molecule has 1 aromatic heterocycles. The quantitative estimate of drug-likeness (QED) is 0.791. The van der Waals surface area contributed by atoms with Crippen molar-refractivity contribution in [2.75, 3.05) is 19.6 Å². The Hall–Kier alpha value is -1.88. The van der Waals surface area contributed by atoms with Gasteiger partial charge in [-0.1, -0.05) is 17.3 Å². The number of rotatable bonds is 6. The number of fused-ring (bicyclic) bond motifs is 1. The van der Waals surface area contributed by atoms with Crippen LogP contribution in [0.4, 0.5) is 0 Å². The third kappa shape index (κ3) is 4.10. The standard InChI is InChI=1S/C18H25N3O2/c1-14-7-4-5-11-21(14)12-6-10-19-18(22)13-16-15-8-2-3-9-17(15)23-20-16/h2-3,8-9,14H,4-7,10-13H2,1H3,(H,19,22)/p+1/t14-/m1/s1. The Morgan fingerprint density at radius 3 is 3.13 bits per heavy atom. The first-order chi connectivity index (χ1) is 11.2. The van der Waals surface area contributed by atoms with Crippen LogP contribution >= 0.6 is 0 Å². The van der Waals surface area contributed by atoms with Gasteiger partial charge in [0.25, 0.3) is 0 Å². The molecule has 1 aromatic carbocycles. The van der Waals surface area contributed by atoms with Crippen molar-refractivity contribution in [1.29, 1.82) is 0 Å². The number of amides is 1. The second-order valence-corrected chi connectivity index (χ2v) is 6.56. The van der Waals surface area contributed by atoms with Gasteiger partial charge in [-0.3, -0.25) is 4.79 Å². The fourth-order valence-electron chi connectivity index (χ4n) is 3.45. The molecule has 1 unspecified atom stereocenters. The molecule has 23 heavy (non-hydrogen) atoms. The van der Waals surface area contributed by atoms with Gasteiger partial charge in [0.15, 0.2) is 5.58 Å². The molecule has 0 spiro atoms. The van der Waals surface area contributed by atoms with E-state index >= 15 is 0 Å². The molecule has 1 saturated heterocycles. The van der Waals surface area contributed by atoms with Crippen molar-refractivity contribution in [3.63, 3.8) is 0 Å². The van der Waals surface area contributed by atoms with Gasteiger partial charge in [-0.2, -0.15) is 0 Å². The highest BCUT2D eigenvalue weighted by Crippen LogP contribution is 2.17. The van der Waals surface area contributed by atoms with Crippen LogP contribution in [0, 0.1) is 0 Å². The molecular weight excluding hydrogens is 290 g/mol. The van der Waals surface area contributed by atoms with Crippen molar-refractivity contribution in [2.45, 2.75) is 45.1 Å². The van der Waals surface area contributed by atoms with Crippen LogP contribution in [0.1, 0.15) is 38.3 Å². The molecule has 1 aliphatic heterocycles. The molecule has 5 heteroatoms. The summed E-state index contributed by atoms with van der Waals surface area (Å²) in [4.78, 5) is 13.8. The maximum atomic E-state index is 12.1. The summed E-state index contributed by atoms with van der Waals surface area (Å²) in [6, 6.07) is 8.41. The lowest BCUT2D eigenvalue weighted by atomic mass is 10.0. The maximum Gasteiger partial charge on any atom is 0.226 e. The van der Waals surface area contributed by atoms with Crippen molar-refractivity contribution in [1.82, 2.24) is 10.5 Å². The highest BCUT2D eigenvalue weighted by molar-refractivity contribution is 5.86. The Kier molecular flexibility index (Phi) is 5.28. The topological polar surface area (TPSA) is 59.6 Å². The van der Waals surface area contributed by atoms with Gasteiger partial charge in [-0.05, 0) is 38.3 Å². The van der Waals surface area contributed by atoms with E-state index in [1.165, 1.54) is 25.8 Å². The number of piperidine rings is 1. The Morgan fingerprint density at radius 2 is 2.26 bits per heavy atom. The fraction of sp³-hybridized carbons (Fsp3) is 0.556. The van der Waals surface area contributed by atoms with E-state index in [-0.39, 0.29) is 12.3 Å². The van der Waals surface area contributed by atoms with E-state index < -0.39 is 0 Å². The van der Waals surface area contributed by atoms with Crippen LogP contribution in [-0.2, 0) is 11.2 Å². The van der Waals surface area contributed by atoms with Gasteiger partial charge in [0.1, 0.15) is 5.69 Å². The Bertz CT molecular complexity index is 653. The number of aromatic nitrogens is 1. The Balaban J connectivity index is 1.41. The third-order valence-corrected chi connectivity index (χ3v) is 4.86. The molecule has 1 fully saturated rings. The van der Waals surface area contributed by atoms with Crippen molar-refractivity contribution in [3.8, 4) is 0 Å². The summed E-state index contributed by atoms with van der Waals surface area (Å²) < 4.78 is 5.23. The van der Waals surface area contributed by atoms with Crippen LogP contribution in [0.15, 0.2) is 28.8 Å². The number of carbonyl (C=O) groups excluding carboxylic acids is 1. The zero-order valence-electron chi connectivity index (χ0n) is 13.8. The van der Waals surface area contributed by atoms with Gasteiger partial charge in [0, 0.05) is 18.4 Å². The smallest absolute Gasteiger partial charge is 0.226 e. The average Bonchev–Trinajstić information content (AvgIpc) is 2.96. The lowest BCUT2D eigenvalue weighted by Gasteiger charge is -2.30. The second kappa shape index (κ2) is 7.59. The van der Waals surface area contributed by atoms with Crippen molar-refractivity contribution >= 4 is 16.9 Å². The first kappa shape index (κ1) is 16.0. The molecule has 3 rings (SSSR count). The van der Waals surface area contributed by atoms with Crippen molar-refractivity contribution in [2.24, 2.45) is 0 Å². The minimum absolute atomic E-state index is 0.0192. The molecule has 0 bridgehead atoms. The van der Waals surface area contributed by atoms with Crippen molar-refractivity contribution in [3.05, 3.63) is 30.0 Å². The molecule has 0 aliphatic carbocycles. The SMILES string of the molecule is C[C@@H]1CCCC[NH+]1CCCNC(=O)Cc1noc2ccccc12. The molecule has 2 heterocycles. The van der Waals surface area contributed by atoms with E-state index in [9.17, 15) is 4.79 Å². The summed E-state index contributed by atoms with van der Waals surface area (Å²) in [7, 11) is 0. The second-order valence-electron chi connectivity index (χ2n) is 6.56. The van der Waals surface area contributed by atoms with E-state index in [1.54, 1.807) is 4.90 Å². The minimum Gasteiger partial charge on any atom is -0.356 e. The first-order valence-electron chi connectivity index (χ1n) is 8.68. The van der Waals surface area contributed by atoms with Crippen LogP contribution < -0.4 is 10.2 Å². The average molecular weight is 316 g/mol. The summed E-state index contributed by atoms with van der Waals surface area (Å²) in [6.45, 7) is 5.50. The lowest BCUT2D eigenvalue weighted by molar-refractivity contribution is -0.928. The normalized spacial score (nSPS) is 21.4. The number of quaternary nitrogens is 1. The van der Waals surface area contributed by atoms with Gasteiger partial charge in [-0.15, -0.1) is 0 Å². The first-order valence-corrected chi connectivity index (χ1v) is 8.68. The number of likely N-dealkylation sites (tertiary alicyclic amines) is 1. The fourth-order valence-corrected chi connectivity index (χ4v) is 3.45. The molecular formula is C18H26N3O2+. The van der Waals surface area contributed by atoms with Gasteiger partial charge in [0.2, 0.25) is 5.91 Å². The third-order valence-electron chi connectivity index (χ3n) is 4.86. The number of nitrogens with zero attached hydrogens (tertiary/aromatic N) is 1. The van der Waals surface area contributed by atoms with Gasteiger partial charge < -0.3 is 14.7 Å². The van der Waals surface area contributed by atoms with Crippen LogP contribution in [0.2, 0.25) is 0 Å². The zero-order valence-corrected chi connectivity index (χ0v) is 13.8. The Labute approximate surface area is 137 Å². The molecule has 0 radical (unpaired) electrons. The predicted octanol–water partition coefficient (Wildman–Crippen LogP) is 1.33. The molecule has 2 aromatic rings. The molecule has 2 atom stereocenters. The highest BCUT2D eigenvalue weighted by atomic mass is 16.5. The minimum atomic E-state index is 0.0192. The summed E-state index contributed by atoms with van der Waals surface area (Å²) in [5, 5.41) is 7.94. The van der Waals surface area contributed by atoms with E-state index in [0.29, 0.717) is 5.69 Å². The van der Waals surface area contributed by atoms with E-state index in [4.69, 9.17) is 4.52 Å². The number of benzene rings is 1. The van der Waals surface area contributed by atoms with Gasteiger partial charge in [-0.25, -0.2) is 0 Å². The molecule has 5 nitrogen and oxygen atoms in total. The van der Waals surface area contributed by atoms with Gasteiger partial charge in [0.05, 0.1) is 25.6 Å². The molecule has 124 valence electrons. The number of hydrogen-bond donors (Lipinski definition) is 2. The monoisotopic (exact) mass is 316 g/mol. The number of para-hydroxylation sites is 1. The summed E-state index contributed by atoms with van der Waals surface area (Å²) in [6.07, 6.45) is 5.36. The van der Waals surface area contributed by atoms with E-state index in [2.05, 4.69) is 17.4 Å². The van der Waals surface area contributed by atoms with E-state index in [0.717, 1.165) is 36.5 Å². The largest absolute Gasteiger partial charge is 0.356 e. The number of carbonyl (C=O) groups is 1. The van der Waals surface area contributed by atoms with Crippen LogP contribution in [-0.4, -0.2) is 36.7 Å². The molecule has 1 aliphatic rings. The summed E-state index contributed by atoms with van der Waals surface area (Å²) in [5.41, 5.74) is 1.45. The van der Waals surface area contributed by atoms with Crippen molar-refractivity contribution < 1.29 is 14.2 Å². The van der Waals surface area contributed by atoms with Crippen LogP contribution in [0.25, 0.3) is 11.0 Å². The van der Waals surface area contributed by atoms with Gasteiger partial charge >= 0.3 is 0 Å². The molecule has 0 saturated carbocycles. The maximum absolute atomic E-state index is 12.1. The lowest BCUT2D eigenvalue weighted by Crippen LogP contribution is -3.16. The number of hydrogen-bond acceptors (Lipinski definition) is 3. The molecule has 2 N–H and O–H groups in total. The molecule has 1 amide bonds. The number of nitrogens with one attached hydrogen (secondary N) is 2. The zero-order chi connectivity index (χ0) is 16.1. The highest BCUT2D eigenvalue weighted by Gasteiger charge is 2.21.